The number of carbonyl (C=O) groups excluding carboxylic acids is 2. The SMILES string of the molecule is C/C=C\C.CC(C)(C)NSc1ccc(NC(=O)CNC(=O)c2ccc(F)cc2)cc1. The highest BCUT2D eigenvalue weighted by molar-refractivity contribution is 7.97. The number of halogens is 1. The standard InChI is InChI=1S/C19H22FN3O2S.C4H8/c1-19(2,3)23-26-16-10-8-15(9-11-16)22-17(24)12-21-18(25)13-4-6-14(20)7-5-13;1-3-4-2/h4-11,23H,12H2,1-3H3,(H,21,25)(H,22,24);3-4H,1-2H3/b;4-3-. The maximum absolute atomic E-state index is 12.8. The highest BCUT2D eigenvalue weighted by atomic mass is 32.2. The molecule has 2 amide bonds. The first-order valence-corrected chi connectivity index (χ1v) is 10.4. The monoisotopic (exact) mass is 431 g/mol. The maximum Gasteiger partial charge on any atom is 0.251 e. The van der Waals surface area contributed by atoms with E-state index in [-0.39, 0.29) is 18.0 Å². The van der Waals surface area contributed by atoms with Gasteiger partial charge in [-0.25, -0.2) is 4.39 Å². The number of hydrogen-bond acceptors (Lipinski definition) is 4. The van der Waals surface area contributed by atoms with Crippen molar-refractivity contribution in [2.45, 2.75) is 45.1 Å². The molecule has 0 radical (unpaired) electrons. The second-order valence-corrected chi connectivity index (χ2v) is 8.26. The molecule has 0 aliphatic heterocycles. The molecule has 30 heavy (non-hydrogen) atoms. The van der Waals surface area contributed by atoms with Crippen molar-refractivity contribution in [1.82, 2.24) is 10.0 Å². The van der Waals surface area contributed by atoms with Gasteiger partial charge in [0.2, 0.25) is 5.91 Å². The number of anilines is 1. The van der Waals surface area contributed by atoms with Crippen LogP contribution in [-0.4, -0.2) is 23.9 Å². The molecule has 0 atom stereocenters. The van der Waals surface area contributed by atoms with Gasteiger partial charge in [-0.3, -0.25) is 14.3 Å². The highest BCUT2D eigenvalue weighted by Gasteiger charge is 2.10. The summed E-state index contributed by atoms with van der Waals surface area (Å²) in [5.41, 5.74) is 0.943. The predicted molar refractivity (Wildman–Crippen MR) is 123 cm³/mol. The molecule has 0 aliphatic rings. The zero-order valence-corrected chi connectivity index (χ0v) is 18.9. The molecule has 0 aliphatic carbocycles. The summed E-state index contributed by atoms with van der Waals surface area (Å²) in [7, 11) is 0. The molecule has 3 N–H and O–H groups in total. The molecule has 0 fully saturated rings. The number of amides is 2. The van der Waals surface area contributed by atoms with E-state index in [2.05, 4.69) is 36.1 Å². The lowest BCUT2D eigenvalue weighted by atomic mass is 10.1. The summed E-state index contributed by atoms with van der Waals surface area (Å²) in [5.74, 6) is -1.19. The molecule has 0 saturated carbocycles. The normalized spacial score (nSPS) is 10.9. The Hall–Kier alpha value is -2.64. The summed E-state index contributed by atoms with van der Waals surface area (Å²) < 4.78 is 16.1. The van der Waals surface area contributed by atoms with E-state index in [0.29, 0.717) is 11.3 Å². The Kier molecular flexibility index (Phi) is 10.9. The van der Waals surface area contributed by atoms with Gasteiger partial charge in [-0.05, 0) is 95.1 Å². The molecule has 0 spiro atoms. The van der Waals surface area contributed by atoms with Crippen LogP contribution in [0.25, 0.3) is 0 Å². The predicted octanol–water partition coefficient (Wildman–Crippen LogP) is 5.17. The lowest BCUT2D eigenvalue weighted by Crippen LogP contribution is -2.32. The molecular weight excluding hydrogens is 401 g/mol. The van der Waals surface area contributed by atoms with Crippen molar-refractivity contribution in [2.75, 3.05) is 11.9 Å². The minimum atomic E-state index is -0.430. The van der Waals surface area contributed by atoms with Gasteiger partial charge in [-0.15, -0.1) is 0 Å². The summed E-state index contributed by atoms with van der Waals surface area (Å²) in [6.45, 7) is 10.1. The van der Waals surface area contributed by atoms with Crippen LogP contribution >= 0.6 is 11.9 Å². The zero-order chi connectivity index (χ0) is 22.6. The van der Waals surface area contributed by atoms with E-state index in [1.165, 1.54) is 36.2 Å². The molecule has 162 valence electrons. The van der Waals surface area contributed by atoms with Crippen LogP contribution in [0.5, 0.6) is 0 Å². The van der Waals surface area contributed by atoms with E-state index >= 15 is 0 Å². The molecule has 2 aromatic rings. The average molecular weight is 432 g/mol. The van der Waals surface area contributed by atoms with Gasteiger partial charge in [0.25, 0.3) is 5.91 Å². The van der Waals surface area contributed by atoms with Crippen LogP contribution < -0.4 is 15.4 Å². The highest BCUT2D eigenvalue weighted by Crippen LogP contribution is 2.20. The first-order valence-electron chi connectivity index (χ1n) is 9.59. The lowest BCUT2D eigenvalue weighted by Gasteiger charge is -2.19. The fourth-order valence-corrected chi connectivity index (χ4v) is 2.58. The zero-order valence-electron chi connectivity index (χ0n) is 18.1. The fourth-order valence-electron chi connectivity index (χ4n) is 1.89. The Balaban J connectivity index is 0.00000103. The van der Waals surface area contributed by atoms with E-state index < -0.39 is 11.7 Å². The Morgan fingerprint density at radius 3 is 2.03 bits per heavy atom. The minimum absolute atomic E-state index is 0.000281. The fraction of sp³-hybridized carbons (Fsp3) is 0.304. The van der Waals surface area contributed by atoms with Gasteiger partial charge >= 0.3 is 0 Å². The van der Waals surface area contributed by atoms with Gasteiger partial charge in [0.15, 0.2) is 0 Å². The van der Waals surface area contributed by atoms with Crippen LogP contribution in [0.1, 0.15) is 45.0 Å². The smallest absolute Gasteiger partial charge is 0.251 e. The van der Waals surface area contributed by atoms with E-state index in [4.69, 9.17) is 0 Å². The van der Waals surface area contributed by atoms with Gasteiger partial charge in [-0.2, -0.15) is 0 Å². The lowest BCUT2D eigenvalue weighted by molar-refractivity contribution is -0.115. The van der Waals surface area contributed by atoms with Crippen LogP contribution in [0.2, 0.25) is 0 Å². The number of rotatable bonds is 6. The topological polar surface area (TPSA) is 70.2 Å². The molecule has 0 unspecified atom stereocenters. The second kappa shape index (κ2) is 12.8. The van der Waals surface area contributed by atoms with E-state index in [1.54, 1.807) is 12.1 Å². The largest absolute Gasteiger partial charge is 0.343 e. The van der Waals surface area contributed by atoms with E-state index in [1.807, 2.05) is 38.1 Å². The third-order valence-corrected chi connectivity index (χ3v) is 4.68. The Morgan fingerprint density at radius 1 is 0.967 bits per heavy atom. The van der Waals surface area contributed by atoms with Crippen LogP contribution in [0.3, 0.4) is 0 Å². The van der Waals surface area contributed by atoms with E-state index in [9.17, 15) is 14.0 Å². The van der Waals surface area contributed by atoms with Gasteiger partial charge < -0.3 is 10.6 Å². The Morgan fingerprint density at radius 2 is 1.53 bits per heavy atom. The summed E-state index contributed by atoms with van der Waals surface area (Å²) in [6.07, 6.45) is 4.00. The number of allylic oxidation sites excluding steroid dienone is 2. The third-order valence-electron chi connectivity index (χ3n) is 3.46. The number of nitrogens with one attached hydrogen (secondary N) is 3. The number of hydrogen-bond donors (Lipinski definition) is 3. The molecule has 2 aromatic carbocycles. The summed E-state index contributed by atoms with van der Waals surface area (Å²) >= 11 is 1.52. The summed E-state index contributed by atoms with van der Waals surface area (Å²) in [6, 6.07) is 12.5. The Bertz CT molecular complexity index is 825. The second-order valence-electron chi connectivity index (χ2n) is 7.38. The van der Waals surface area contributed by atoms with Crippen LogP contribution in [-0.2, 0) is 4.79 Å². The molecule has 0 saturated heterocycles. The number of carbonyl (C=O) groups is 2. The van der Waals surface area contributed by atoms with Crippen molar-refractivity contribution in [3.8, 4) is 0 Å². The van der Waals surface area contributed by atoms with Gasteiger partial charge in [0.05, 0.1) is 6.54 Å². The minimum Gasteiger partial charge on any atom is -0.343 e. The van der Waals surface area contributed by atoms with Crippen molar-refractivity contribution in [2.24, 2.45) is 0 Å². The molecule has 5 nitrogen and oxygen atoms in total. The quantitative estimate of drug-likeness (QED) is 0.436. The van der Waals surface area contributed by atoms with Crippen molar-refractivity contribution in [3.63, 3.8) is 0 Å². The summed E-state index contributed by atoms with van der Waals surface area (Å²) in [5, 5.41) is 5.21. The van der Waals surface area contributed by atoms with Crippen LogP contribution in [0.4, 0.5) is 10.1 Å². The third kappa shape index (κ3) is 10.8. The number of benzene rings is 2. The molecule has 0 heterocycles. The van der Waals surface area contributed by atoms with Crippen molar-refractivity contribution in [3.05, 3.63) is 72.1 Å². The molecule has 0 bridgehead atoms. The van der Waals surface area contributed by atoms with Crippen LogP contribution in [0.15, 0.2) is 65.6 Å². The van der Waals surface area contributed by atoms with Crippen LogP contribution in [0, 0.1) is 5.82 Å². The van der Waals surface area contributed by atoms with Crippen molar-refractivity contribution < 1.29 is 14.0 Å². The van der Waals surface area contributed by atoms with Crippen molar-refractivity contribution >= 4 is 29.4 Å². The molecule has 0 aromatic heterocycles. The van der Waals surface area contributed by atoms with Gasteiger partial charge in [-0.1, -0.05) is 12.2 Å². The van der Waals surface area contributed by atoms with Gasteiger partial charge in [0.1, 0.15) is 5.82 Å². The van der Waals surface area contributed by atoms with Crippen molar-refractivity contribution in [1.29, 1.82) is 0 Å². The first-order chi connectivity index (χ1) is 14.1. The average Bonchev–Trinajstić information content (AvgIpc) is 2.71. The first kappa shape index (κ1) is 25.4. The molecular formula is C23H30FN3O2S. The summed E-state index contributed by atoms with van der Waals surface area (Å²) in [4.78, 5) is 24.9. The maximum atomic E-state index is 12.8. The molecule has 7 heteroatoms. The van der Waals surface area contributed by atoms with E-state index in [0.717, 1.165) is 4.90 Å². The Labute approximate surface area is 182 Å². The van der Waals surface area contributed by atoms with Gasteiger partial charge in [0, 0.05) is 21.7 Å². The molecule has 2 rings (SSSR count).